The van der Waals surface area contributed by atoms with Crippen LogP contribution in [-0.4, -0.2) is 17.2 Å². The molecule has 0 saturated carbocycles. The van der Waals surface area contributed by atoms with E-state index >= 15 is 0 Å². The van der Waals surface area contributed by atoms with Crippen molar-refractivity contribution in [3.05, 3.63) is 53.3 Å². The van der Waals surface area contributed by atoms with Gasteiger partial charge >= 0.3 is 0 Å². The lowest BCUT2D eigenvalue weighted by Gasteiger charge is -2.36. The molecule has 0 unspecified atom stereocenters. The summed E-state index contributed by atoms with van der Waals surface area (Å²) in [4.78, 5) is 5.90. The van der Waals surface area contributed by atoms with Gasteiger partial charge in [0, 0.05) is 4.90 Å². The molecule has 3 nitrogen and oxygen atoms in total. The second kappa shape index (κ2) is 4.24. The summed E-state index contributed by atoms with van der Waals surface area (Å²) in [6, 6.07) is 10.2. The Bertz CT molecular complexity index is 453. The van der Waals surface area contributed by atoms with Gasteiger partial charge < -0.3 is 4.84 Å². The van der Waals surface area contributed by atoms with Gasteiger partial charge in [0.05, 0.1) is 12.0 Å². The number of fused-ring (bicyclic) bond motifs is 1. The van der Waals surface area contributed by atoms with Crippen molar-refractivity contribution in [2.75, 3.05) is 0 Å². The molecule has 1 aliphatic carbocycles. The van der Waals surface area contributed by atoms with E-state index in [2.05, 4.69) is 18.2 Å². The summed E-state index contributed by atoms with van der Waals surface area (Å²) in [5.74, 6) is 0.546. The Balaban J connectivity index is 1.97. The molecule has 3 rings (SSSR count). The average Bonchev–Trinajstić information content (AvgIpc) is 2.39. The van der Waals surface area contributed by atoms with E-state index in [1.807, 2.05) is 24.3 Å². The Morgan fingerprint density at radius 2 is 2.06 bits per heavy atom. The van der Waals surface area contributed by atoms with Crippen molar-refractivity contribution in [2.24, 2.45) is 5.92 Å². The summed E-state index contributed by atoms with van der Waals surface area (Å²) >= 11 is 0. The predicted octanol–water partition coefficient (Wildman–Crippen LogP) is 2.63. The molecule has 88 valence electrons. The van der Waals surface area contributed by atoms with Gasteiger partial charge in [-0.25, -0.2) is 0 Å². The van der Waals surface area contributed by atoms with E-state index in [1.165, 1.54) is 5.56 Å². The highest BCUT2D eigenvalue weighted by molar-refractivity contribution is 5.64. The van der Waals surface area contributed by atoms with Gasteiger partial charge in [0.25, 0.3) is 0 Å². The fraction of sp³-hybridized carbons (Fsp3) is 0.357. The number of nitrogens with zero attached hydrogens (tertiary/aromatic N) is 1. The minimum Gasteiger partial charge on any atom is -0.396 e. The van der Waals surface area contributed by atoms with Crippen LogP contribution in [0.2, 0.25) is 0 Å². The normalized spacial score (nSPS) is 31.3. The van der Waals surface area contributed by atoms with Crippen molar-refractivity contribution in [1.29, 1.82) is 0 Å². The molecule has 0 aromatic heterocycles. The van der Waals surface area contributed by atoms with E-state index in [-0.39, 0.29) is 12.0 Å². The molecule has 0 spiro atoms. The minimum absolute atomic E-state index is 0.0727. The average molecular weight is 229 g/mol. The second-order valence-corrected chi connectivity index (χ2v) is 4.61. The third kappa shape index (κ3) is 1.93. The Labute approximate surface area is 101 Å². The van der Waals surface area contributed by atoms with Gasteiger partial charge in [-0.3, -0.25) is 5.21 Å². The Morgan fingerprint density at radius 3 is 2.88 bits per heavy atom. The predicted molar refractivity (Wildman–Crippen MR) is 65.6 cm³/mol. The molecular formula is C14H15NO2. The zero-order valence-electron chi connectivity index (χ0n) is 9.53. The summed E-state index contributed by atoms with van der Waals surface area (Å²) in [6.45, 7) is 0. The fourth-order valence-electron chi connectivity index (χ4n) is 2.73. The number of hydrogen-bond acceptors (Lipinski definition) is 2. The van der Waals surface area contributed by atoms with Gasteiger partial charge in [0.2, 0.25) is 6.21 Å². The maximum atomic E-state index is 11.5. The van der Waals surface area contributed by atoms with Crippen LogP contribution in [0.5, 0.6) is 0 Å². The Morgan fingerprint density at radius 1 is 1.24 bits per heavy atom. The molecule has 0 radical (unpaired) electrons. The van der Waals surface area contributed by atoms with E-state index in [9.17, 15) is 5.21 Å². The van der Waals surface area contributed by atoms with Gasteiger partial charge in [0.1, 0.15) is 0 Å². The quantitative estimate of drug-likeness (QED) is 0.548. The molecule has 17 heavy (non-hydrogen) atoms. The highest BCUT2D eigenvalue weighted by Gasteiger charge is 2.36. The molecular weight excluding hydrogens is 214 g/mol. The standard InChI is InChI=1S/C14H15NO2/c16-15-10-13(11-6-2-1-3-7-11)12-8-4-5-9-14(12)17-15/h1-3,5-7,9-10,12-14H,4,8H2/t12-,13-,14-/m0/s1. The highest BCUT2D eigenvalue weighted by Crippen LogP contribution is 2.36. The summed E-state index contributed by atoms with van der Waals surface area (Å²) in [6.07, 6.45) is 7.84. The topological polar surface area (TPSA) is 35.3 Å². The van der Waals surface area contributed by atoms with Crippen LogP contribution in [0.25, 0.3) is 0 Å². The lowest BCUT2D eigenvalue weighted by Crippen LogP contribution is -2.38. The number of hydrogen-bond donors (Lipinski definition) is 0. The first-order valence-electron chi connectivity index (χ1n) is 6.04. The molecule has 3 atom stereocenters. The largest absolute Gasteiger partial charge is 0.396 e. The second-order valence-electron chi connectivity index (χ2n) is 4.61. The monoisotopic (exact) mass is 229 g/mol. The maximum absolute atomic E-state index is 11.5. The van der Waals surface area contributed by atoms with Gasteiger partial charge in [-0.05, 0) is 24.3 Å². The highest BCUT2D eigenvalue weighted by atomic mass is 16.9. The molecule has 0 saturated heterocycles. The van der Waals surface area contributed by atoms with E-state index in [0.717, 1.165) is 12.8 Å². The van der Waals surface area contributed by atoms with Crippen LogP contribution in [0.15, 0.2) is 42.5 Å². The summed E-state index contributed by atoms with van der Waals surface area (Å²) in [5, 5.41) is 11.5. The first-order chi connectivity index (χ1) is 8.34. The van der Waals surface area contributed by atoms with Crippen LogP contribution in [0.4, 0.5) is 0 Å². The number of rotatable bonds is 1. The summed E-state index contributed by atoms with van der Waals surface area (Å²) in [7, 11) is 0. The molecule has 1 heterocycles. The van der Waals surface area contributed by atoms with Crippen molar-refractivity contribution in [2.45, 2.75) is 24.9 Å². The van der Waals surface area contributed by atoms with E-state index in [4.69, 9.17) is 4.84 Å². The Kier molecular flexibility index (Phi) is 2.59. The number of allylic oxidation sites excluding steroid dienone is 1. The van der Waals surface area contributed by atoms with E-state index in [0.29, 0.717) is 10.8 Å². The van der Waals surface area contributed by atoms with Gasteiger partial charge in [-0.1, -0.05) is 42.5 Å². The van der Waals surface area contributed by atoms with Crippen molar-refractivity contribution >= 4 is 6.21 Å². The molecule has 1 aromatic carbocycles. The first-order valence-corrected chi connectivity index (χ1v) is 6.04. The lowest BCUT2D eigenvalue weighted by atomic mass is 9.77. The van der Waals surface area contributed by atoms with Crippen molar-refractivity contribution < 1.29 is 9.74 Å². The molecule has 2 aliphatic rings. The molecule has 1 aromatic rings. The van der Waals surface area contributed by atoms with Crippen molar-refractivity contribution in [3.8, 4) is 0 Å². The zero-order chi connectivity index (χ0) is 11.7. The first kappa shape index (κ1) is 10.4. The zero-order valence-corrected chi connectivity index (χ0v) is 9.53. The minimum atomic E-state index is -0.0727. The van der Waals surface area contributed by atoms with Gasteiger partial charge in [-0.2, -0.15) is 0 Å². The SMILES string of the molecule is [O-][N+]1=C[C@@H](c2ccccc2)[C@@H]2CCC=C[C@@H]2O1. The van der Waals surface area contributed by atoms with Gasteiger partial charge in [-0.15, -0.1) is 0 Å². The third-order valence-electron chi connectivity index (χ3n) is 3.57. The Hall–Kier alpha value is -1.77. The smallest absolute Gasteiger partial charge is 0.217 e. The van der Waals surface area contributed by atoms with E-state index in [1.54, 1.807) is 6.21 Å². The van der Waals surface area contributed by atoms with Crippen molar-refractivity contribution in [3.63, 3.8) is 0 Å². The molecule has 0 amide bonds. The molecule has 1 aliphatic heterocycles. The van der Waals surface area contributed by atoms with E-state index < -0.39 is 0 Å². The lowest BCUT2D eigenvalue weighted by molar-refractivity contribution is -0.754. The molecule has 0 bridgehead atoms. The summed E-state index contributed by atoms with van der Waals surface area (Å²) in [5.41, 5.74) is 1.20. The van der Waals surface area contributed by atoms with Gasteiger partial charge in [0.15, 0.2) is 0 Å². The van der Waals surface area contributed by atoms with Crippen LogP contribution in [-0.2, 0) is 4.84 Å². The van der Waals surface area contributed by atoms with Crippen LogP contribution < -0.4 is 0 Å². The summed E-state index contributed by atoms with van der Waals surface area (Å²) < 4.78 is 0. The van der Waals surface area contributed by atoms with Crippen LogP contribution in [0.1, 0.15) is 24.3 Å². The maximum Gasteiger partial charge on any atom is 0.217 e. The third-order valence-corrected chi connectivity index (χ3v) is 3.57. The molecule has 3 heteroatoms. The van der Waals surface area contributed by atoms with Crippen LogP contribution >= 0.6 is 0 Å². The molecule has 0 N–H and O–H groups in total. The van der Waals surface area contributed by atoms with Crippen LogP contribution in [0.3, 0.4) is 0 Å². The fourth-order valence-corrected chi connectivity index (χ4v) is 2.73. The van der Waals surface area contributed by atoms with Crippen LogP contribution in [0, 0.1) is 11.1 Å². The number of benzene rings is 1. The van der Waals surface area contributed by atoms with Crippen molar-refractivity contribution in [1.82, 2.24) is 0 Å². The molecule has 0 fully saturated rings.